The molecule has 1 unspecified atom stereocenters. The van der Waals surface area contributed by atoms with Crippen LogP contribution < -0.4 is 4.90 Å². The maximum Gasteiger partial charge on any atom is 0.245 e. The van der Waals surface area contributed by atoms with E-state index in [-0.39, 0.29) is 23.5 Å². The first kappa shape index (κ1) is 14.0. The van der Waals surface area contributed by atoms with Crippen molar-refractivity contribution in [1.29, 1.82) is 0 Å². The zero-order valence-electron chi connectivity index (χ0n) is 12.2. The lowest BCUT2D eigenvalue weighted by molar-refractivity contribution is -0.129. The Bertz CT molecular complexity index is 602. The monoisotopic (exact) mass is 285 g/mol. The SMILES string of the molecule is CC(=O)C1C(=O)c2ccccc2N(C2CCCCC2)C1=O. The molecule has 0 bridgehead atoms. The van der Waals surface area contributed by atoms with E-state index < -0.39 is 5.92 Å². The number of amides is 1. The van der Waals surface area contributed by atoms with Crippen molar-refractivity contribution in [2.45, 2.75) is 45.1 Å². The summed E-state index contributed by atoms with van der Waals surface area (Å²) in [6, 6.07) is 7.26. The van der Waals surface area contributed by atoms with E-state index in [1.165, 1.54) is 13.3 Å². The lowest BCUT2D eigenvalue weighted by atomic mass is 9.84. The van der Waals surface area contributed by atoms with Crippen molar-refractivity contribution in [3.8, 4) is 0 Å². The molecule has 4 nitrogen and oxygen atoms in total. The first-order valence-corrected chi connectivity index (χ1v) is 7.58. The molecular formula is C17H19NO3. The predicted octanol–water partition coefficient (Wildman–Crippen LogP) is 2.75. The van der Waals surface area contributed by atoms with Crippen molar-refractivity contribution in [3.63, 3.8) is 0 Å². The van der Waals surface area contributed by atoms with Crippen molar-refractivity contribution in [2.75, 3.05) is 4.90 Å². The molecule has 3 rings (SSSR count). The molecule has 1 fully saturated rings. The van der Waals surface area contributed by atoms with Crippen LogP contribution in [-0.4, -0.2) is 23.5 Å². The third-order valence-corrected chi connectivity index (χ3v) is 4.52. The number of Topliss-reactive ketones (excluding diaryl/α,β-unsaturated/α-hetero) is 2. The van der Waals surface area contributed by atoms with Gasteiger partial charge in [0.2, 0.25) is 5.91 Å². The summed E-state index contributed by atoms with van der Waals surface area (Å²) in [5.74, 6) is -2.20. The highest BCUT2D eigenvalue weighted by molar-refractivity contribution is 6.31. The number of carbonyl (C=O) groups excluding carboxylic acids is 3. The molecule has 4 heteroatoms. The zero-order chi connectivity index (χ0) is 15.0. The van der Waals surface area contributed by atoms with E-state index >= 15 is 0 Å². The number of hydrogen-bond acceptors (Lipinski definition) is 3. The van der Waals surface area contributed by atoms with Crippen molar-refractivity contribution in [2.24, 2.45) is 5.92 Å². The Morgan fingerprint density at radius 1 is 1.10 bits per heavy atom. The second-order valence-electron chi connectivity index (χ2n) is 5.93. The molecule has 1 amide bonds. The molecule has 1 aromatic rings. The average molecular weight is 285 g/mol. The van der Waals surface area contributed by atoms with E-state index in [1.54, 1.807) is 17.0 Å². The van der Waals surface area contributed by atoms with Gasteiger partial charge in [0.1, 0.15) is 5.78 Å². The Balaban J connectivity index is 2.08. The fourth-order valence-electron chi connectivity index (χ4n) is 3.49. The number of para-hydroxylation sites is 1. The number of rotatable bonds is 2. The Kier molecular flexibility index (Phi) is 3.62. The Labute approximate surface area is 124 Å². The Hall–Kier alpha value is -1.97. The number of ketones is 2. The van der Waals surface area contributed by atoms with Crippen LogP contribution in [0.1, 0.15) is 49.4 Å². The van der Waals surface area contributed by atoms with E-state index in [2.05, 4.69) is 0 Å². The molecule has 0 radical (unpaired) electrons. The van der Waals surface area contributed by atoms with Crippen LogP contribution in [-0.2, 0) is 9.59 Å². The van der Waals surface area contributed by atoms with Gasteiger partial charge in [-0.05, 0) is 31.9 Å². The van der Waals surface area contributed by atoms with Crippen LogP contribution in [0.15, 0.2) is 24.3 Å². The van der Waals surface area contributed by atoms with Crippen molar-refractivity contribution < 1.29 is 14.4 Å². The van der Waals surface area contributed by atoms with Gasteiger partial charge in [-0.1, -0.05) is 31.4 Å². The maximum atomic E-state index is 12.7. The second-order valence-corrected chi connectivity index (χ2v) is 5.93. The van der Waals surface area contributed by atoms with Crippen molar-refractivity contribution in [1.82, 2.24) is 0 Å². The maximum absolute atomic E-state index is 12.7. The number of benzene rings is 1. The quantitative estimate of drug-likeness (QED) is 0.785. The highest BCUT2D eigenvalue weighted by Crippen LogP contribution is 2.36. The zero-order valence-corrected chi connectivity index (χ0v) is 12.2. The summed E-state index contributed by atoms with van der Waals surface area (Å²) >= 11 is 0. The van der Waals surface area contributed by atoms with Gasteiger partial charge in [-0.3, -0.25) is 14.4 Å². The van der Waals surface area contributed by atoms with Crippen molar-refractivity contribution in [3.05, 3.63) is 29.8 Å². The first-order valence-electron chi connectivity index (χ1n) is 7.58. The lowest BCUT2D eigenvalue weighted by Gasteiger charge is -2.39. The molecule has 0 spiro atoms. The summed E-state index contributed by atoms with van der Waals surface area (Å²) in [5.41, 5.74) is 1.18. The first-order chi connectivity index (χ1) is 10.1. The third-order valence-electron chi connectivity index (χ3n) is 4.52. The van der Waals surface area contributed by atoms with Gasteiger partial charge >= 0.3 is 0 Å². The molecule has 0 N–H and O–H groups in total. The van der Waals surface area contributed by atoms with Crippen molar-refractivity contribution >= 4 is 23.2 Å². The topological polar surface area (TPSA) is 54.5 Å². The minimum atomic E-state index is -1.15. The van der Waals surface area contributed by atoms with Gasteiger partial charge < -0.3 is 4.90 Å². The molecule has 1 aliphatic heterocycles. The molecule has 1 aliphatic carbocycles. The Morgan fingerprint density at radius 3 is 2.43 bits per heavy atom. The summed E-state index contributed by atoms with van der Waals surface area (Å²) in [4.78, 5) is 38.7. The third kappa shape index (κ3) is 2.28. The number of anilines is 1. The minimum absolute atomic E-state index is 0.113. The minimum Gasteiger partial charge on any atom is -0.308 e. The van der Waals surface area contributed by atoms with Gasteiger partial charge in [-0.2, -0.15) is 0 Å². The van der Waals surface area contributed by atoms with E-state index in [0.717, 1.165) is 25.7 Å². The summed E-state index contributed by atoms with van der Waals surface area (Å²) in [6.07, 6.45) is 5.26. The van der Waals surface area contributed by atoms with Crippen LogP contribution in [0, 0.1) is 5.92 Å². The van der Waals surface area contributed by atoms with E-state index in [4.69, 9.17) is 0 Å². The number of fused-ring (bicyclic) bond motifs is 1. The van der Waals surface area contributed by atoms with Gasteiger partial charge in [0.05, 0.1) is 5.69 Å². The number of nitrogens with zero attached hydrogens (tertiary/aromatic N) is 1. The van der Waals surface area contributed by atoms with Crippen LogP contribution in [0.4, 0.5) is 5.69 Å². The summed E-state index contributed by atoms with van der Waals surface area (Å²) in [5, 5.41) is 0. The van der Waals surface area contributed by atoms with Crippen LogP contribution in [0.25, 0.3) is 0 Å². The summed E-state index contributed by atoms with van der Waals surface area (Å²) in [6.45, 7) is 1.33. The molecule has 1 heterocycles. The van der Waals surface area contributed by atoms with E-state index in [1.807, 2.05) is 12.1 Å². The smallest absolute Gasteiger partial charge is 0.245 e. The molecule has 2 aliphatic rings. The van der Waals surface area contributed by atoms with Crippen LogP contribution in [0.2, 0.25) is 0 Å². The van der Waals surface area contributed by atoms with Crippen LogP contribution in [0.3, 0.4) is 0 Å². The molecule has 0 saturated heterocycles. The summed E-state index contributed by atoms with van der Waals surface area (Å²) < 4.78 is 0. The predicted molar refractivity (Wildman–Crippen MR) is 79.3 cm³/mol. The highest BCUT2D eigenvalue weighted by atomic mass is 16.2. The molecule has 21 heavy (non-hydrogen) atoms. The fraction of sp³-hybridized carbons (Fsp3) is 0.471. The molecule has 1 aromatic carbocycles. The normalized spacial score (nSPS) is 23.1. The standard InChI is InChI=1S/C17H19NO3/c1-11(19)15-16(20)13-9-5-6-10-14(13)18(17(15)21)12-7-3-2-4-8-12/h5-6,9-10,12,15H,2-4,7-8H2,1H3. The molecule has 1 saturated carbocycles. The second kappa shape index (κ2) is 5.43. The number of carbonyl (C=O) groups is 3. The molecule has 0 aromatic heterocycles. The largest absolute Gasteiger partial charge is 0.308 e. The van der Waals surface area contributed by atoms with E-state index in [0.29, 0.717) is 11.3 Å². The molecular weight excluding hydrogens is 266 g/mol. The molecule has 110 valence electrons. The van der Waals surface area contributed by atoms with Gasteiger partial charge in [0, 0.05) is 11.6 Å². The fourth-order valence-corrected chi connectivity index (χ4v) is 3.49. The van der Waals surface area contributed by atoms with Gasteiger partial charge in [0.25, 0.3) is 0 Å². The van der Waals surface area contributed by atoms with E-state index in [9.17, 15) is 14.4 Å². The van der Waals surface area contributed by atoms with Crippen LogP contribution in [0.5, 0.6) is 0 Å². The van der Waals surface area contributed by atoms with Gasteiger partial charge in [-0.15, -0.1) is 0 Å². The Morgan fingerprint density at radius 2 is 1.76 bits per heavy atom. The average Bonchev–Trinajstić information content (AvgIpc) is 2.48. The van der Waals surface area contributed by atoms with Gasteiger partial charge in [-0.25, -0.2) is 0 Å². The van der Waals surface area contributed by atoms with Crippen LogP contribution >= 0.6 is 0 Å². The highest BCUT2D eigenvalue weighted by Gasteiger charge is 2.44. The number of hydrogen-bond donors (Lipinski definition) is 0. The summed E-state index contributed by atoms with van der Waals surface area (Å²) in [7, 11) is 0. The molecule has 1 atom stereocenters. The lowest BCUT2D eigenvalue weighted by Crippen LogP contribution is -2.52. The van der Waals surface area contributed by atoms with Gasteiger partial charge in [0.15, 0.2) is 11.7 Å².